The molecule has 1 aromatic heterocycles. The fourth-order valence-electron chi connectivity index (χ4n) is 3.46. The van der Waals surface area contributed by atoms with Gasteiger partial charge < -0.3 is 15.0 Å². The van der Waals surface area contributed by atoms with E-state index in [1.807, 2.05) is 82.5 Å². The summed E-state index contributed by atoms with van der Waals surface area (Å²) in [5.74, 6) is 0.678. The highest BCUT2D eigenvalue weighted by molar-refractivity contribution is 5.91. The molecule has 0 spiro atoms. The second-order valence-electron chi connectivity index (χ2n) is 7.55. The van der Waals surface area contributed by atoms with Crippen molar-refractivity contribution in [2.45, 2.75) is 26.8 Å². The standard InChI is InChI=1S/C24H30N4O3/c1-5-31-21-13-11-19(12-14-21)17-26(3)16-15-22(29)25-23-18(2)27(4)28(24(23)30)20-9-7-6-8-10-20/h6-14H,5,15-17H2,1-4H3,(H,25,29). The molecule has 0 unspecified atom stereocenters. The van der Waals surface area contributed by atoms with Crippen LogP contribution in [0.2, 0.25) is 0 Å². The molecule has 3 aromatic rings. The SMILES string of the molecule is CCOc1ccc(CN(C)CCC(=O)Nc2c(C)n(C)n(-c3ccccc3)c2=O)cc1. The van der Waals surface area contributed by atoms with Gasteiger partial charge in [0.25, 0.3) is 5.56 Å². The first kappa shape index (κ1) is 22.4. The topological polar surface area (TPSA) is 68.5 Å². The van der Waals surface area contributed by atoms with Crippen LogP contribution in [0.5, 0.6) is 5.75 Å². The maximum atomic E-state index is 12.9. The number of nitrogens with one attached hydrogen (secondary N) is 1. The summed E-state index contributed by atoms with van der Waals surface area (Å²) in [7, 11) is 3.78. The van der Waals surface area contributed by atoms with E-state index in [1.165, 1.54) is 0 Å². The lowest BCUT2D eigenvalue weighted by molar-refractivity contribution is -0.116. The largest absolute Gasteiger partial charge is 0.494 e. The molecule has 7 heteroatoms. The highest BCUT2D eigenvalue weighted by atomic mass is 16.5. The van der Waals surface area contributed by atoms with Crippen LogP contribution in [0.3, 0.4) is 0 Å². The van der Waals surface area contributed by atoms with Gasteiger partial charge in [-0.2, -0.15) is 0 Å². The number of amides is 1. The lowest BCUT2D eigenvalue weighted by atomic mass is 10.2. The molecule has 2 aromatic carbocycles. The van der Waals surface area contributed by atoms with Gasteiger partial charge in [0, 0.05) is 26.6 Å². The predicted molar refractivity (Wildman–Crippen MR) is 123 cm³/mol. The van der Waals surface area contributed by atoms with Gasteiger partial charge in [-0.3, -0.25) is 14.3 Å². The van der Waals surface area contributed by atoms with Crippen LogP contribution >= 0.6 is 0 Å². The first-order valence-corrected chi connectivity index (χ1v) is 10.4. The van der Waals surface area contributed by atoms with Crippen LogP contribution < -0.4 is 15.6 Å². The Balaban J connectivity index is 1.59. The van der Waals surface area contributed by atoms with E-state index < -0.39 is 0 Å². The van der Waals surface area contributed by atoms with E-state index >= 15 is 0 Å². The van der Waals surface area contributed by atoms with E-state index in [2.05, 4.69) is 10.2 Å². The Labute approximate surface area is 182 Å². The zero-order chi connectivity index (χ0) is 22.4. The number of ether oxygens (including phenoxy) is 1. The number of anilines is 1. The first-order valence-electron chi connectivity index (χ1n) is 10.4. The molecule has 0 saturated carbocycles. The summed E-state index contributed by atoms with van der Waals surface area (Å²) < 4.78 is 8.78. The van der Waals surface area contributed by atoms with Crippen molar-refractivity contribution in [1.82, 2.24) is 14.3 Å². The van der Waals surface area contributed by atoms with E-state index in [0.717, 1.165) is 23.5 Å². The predicted octanol–water partition coefficient (Wildman–Crippen LogP) is 3.34. The molecule has 0 radical (unpaired) electrons. The third-order valence-electron chi connectivity index (χ3n) is 5.23. The van der Waals surface area contributed by atoms with Crippen molar-refractivity contribution in [1.29, 1.82) is 0 Å². The van der Waals surface area contributed by atoms with Crippen LogP contribution in [-0.4, -0.2) is 40.4 Å². The van der Waals surface area contributed by atoms with Crippen molar-refractivity contribution < 1.29 is 9.53 Å². The third-order valence-corrected chi connectivity index (χ3v) is 5.23. The summed E-state index contributed by atoms with van der Waals surface area (Å²) in [5.41, 5.74) is 2.71. The number of carbonyl (C=O) groups excluding carboxylic acids is 1. The van der Waals surface area contributed by atoms with E-state index in [-0.39, 0.29) is 11.5 Å². The molecule has 164 valence electrons. The molecule has 0 aliphatic carbocycles. The van der Waals surface area contributed by atoms with Gasteiger partial charge in [-0.05, 0) is 50.7 Å². The normalized spacial score (nSPS) is 11.0. The number of hydrogen-bond acceptors (Lipinski definition) is 4. The third kappa shape index (κ3) is 5.44. The molecule has 0 aliphatic rings. The number of aromatic nitrogens is 2. The average Bonchev–Trinajstić information content (AvgIpc) is 2.97. The Kier molecular flexibility index (Phi) is 7.31. The second kappa shape index (κ2) is 10.1. The molecule has 1 N–H and O–H groups in total. The zero-order valence-corrected chi connectivity index (χ0v) is 18.6. The van der Waals surface area contributed by atoms with E-state index in [0.29, 0.717) is 31.0 Å². The Morgan fingerprint density at radius 3 is 2.42 bits per heavy atom. The second-order valence-corrected chi connectivity index (χ2v) is 7.55. The molecule has 0 saturated heterocycles. The fraction of sp³-hybridized carbons (Fsp3) is 0.333. The molecular formula is C24H30N4O3. The molecule has 0 bridgehead atoms. The highest BCUT2D eigenvalue weighted by Gasteiger charge is 2.18. The number of para-hydroxylation sites is 1. The van der Waals surface area contributed by atoms with Crippen molar-refractivity contribution in [2.24, 2.45) is 7.05 Å². The van der Waals surface area contributed by atoms with Crippen LogP contribution in [0.4, 0.5) is 5.69 Å². The van der Waals surface area contributed by atoms with Crippen LogP contribution in [0, 0.1) is 6.92 Å². The van der Waals surface area contributed by atoms with Crippen molar-refractivity contribution in [2.75, 3.05) is 25.5 Å². The highest BCUT2D eigenvalue weighted by Crippen LogP contribution is 2.15. The first-order chi connectivity index (χ1) is 14.9. The van der Waals surface area contributed by atoms with Gasteiger partial charge in [0.15, 0.2) is 0 Å². The Bertz CT molecular complexity index is 1070. The molecule has 1 amide bonds. The maximum absolute atomic E-state index is 12.9. The summed E-state index contributed by atoms with van der Waals surface area (Å²) in [4.78, 5) is 27.5. The van der Waals surface area contributed by atoms with Crippen LogP contribution in [0.25, 0.3) is 5.69 Å². The lowest BCUT2D eigenvalue weighted by Crippen LogP contribution is -2.26. The summed E-state index contributed by atoms with van der Waals surface area (Å²) in [5, 5.41) is 2.81. The van der Waals surface area contributed by atoms with Gasteiger partial charge in [0.05, 0.1) is 18.0 Å². The smallest absolute Gasteiger partial charge is 0.295 e. The van der Waals surface area contributed by atoms with Gasteiger partial charge >= 0.3 is 0 Å². The number of hydrogen-bond donors (Lipinski definition) is 1. The lowest BCUT2D eigenvalue weighted by Gasteiger charge is -2.16. The Hall–Kier alpha value is -3.32. The van der Waals surface area contributed by atoms with Crippen LogP contribution in [-0.2, 0) is 18.4 Å². The van der Waals surface area contributed by atoms with Gasteiger partial charge in [0.2, 0.25) is 5.91 Å². The Morgan fingerprint density at radius 1 is 1.10 bits per heavy atom. The van der Waals surface area contributed by atoms with Crippen molar-refractivity contribution in [3.63, 3.8) is 0 Å². The molecular weight excluding hydrogens is 392 g/mol. The molecule has 0 aliphatic heterocycles. The zero-order valence-electron chi connectivity index (χ0n) is 18.6. The van der Waals surface area contributed by atoms with Gasteiger partial charge in [-0.15, -0.1) is 0 Å². The molecule has 3 rings (SSSR count). The molecule has 0 fully saturated rings. The summed E-state index contributed by atoms with van der Waals surface area (Å²) >= 11 is 0. The van der Waals surface area contributed by atoms with E-state index in [4.69, 9.17) is 4.74 Å². The summed E-state index contributed by atoms with van der Waals surface area (Å²) in [6.45, 7) is 5.74. The quantitative estimate of drug-likeness (QED) is 0.574. The van der Waals surface area contributed by atoms with Crippen molar-refractivity contribution in [3.8, 4) is 11.4 Å². The van der Waals surface area contributed by atoms with Gasteiger partial charge in [0.1, 0.15) is 11.4 Å². The number of benzene rings is 2. The average molecular weight is 423 g/mol. The summed E-state index contributed by atoms with van der Waals surface area (Å²) in [6.07, 6.45) is 0.298. The number of rotatable bonds is 9. The minimum absolute atomic E-state index is 0.176. The maximum Gasteiger partial charge on any atom is 0.295 e. The van der Waals surface area contributed by atoms with E-state index in [1.54, 1.807) is 9.36 Å². The van der Waals surface area contributed by atoms with Gasteiger partial charge in [-0.25, -0.2) is 4.68 Å². The van der Waals surface area contributed by atoms with Crippen LogP contribution in [0.15, 0.2) is 59.4 Å². The number of nitrogens with zero attached hydrogens (tertiary/aromatic N) is 3. The van der Waals surface area contributed by atoms with Gasteiger partial charge in [-0.1, -0.05) is 30.3 Å². The minimum Gasteiger partial charge on any atom is -0.494 e. The van der Waals surface area contributed by atoms with Crippen LogP contribution in [0.1, 0.15) is 24.6 Å². The number of carbonyl (C=O) groups is 1. The fourth-order valence-corrected chi connectivity index (χ4v) is 3.46. The van der Waals surface area contributed by atoms with Crippen molar-refractivity contribution in [3.05, 3.63) is 76.2 Å². The molecule has 0 atom stereocenters. The molecule has 7 nitrogen and oxygen atoms in total. The molecule has 1 heterocycles. The summed E-state index contributed by atoms with van der Waals surface area (Å²) in [6, 6.07) is 17.3. The minimum atomic E-state index is -0.234. The Morgan fingerprint density at radius 2 is 1.77 bits per heavy atom. The van der Waals surface area contributed by atoms with Crippen molar-refractivity contribution >= 4 is 11.6 Å². The monoisotopic (exact) mass is 422 g/mol. The van der Waals surface area contributed by atoms with E-state index in [9.17, 15) is 9.59 Å². The molecule has 31 heavy (non-hydrogen) atoms.